The maximum Gasteiger partial charge on any atom is 0.161 e. The number of likely N-dealkylation sites (N-methyl/N-ethyl adjacent to an activating group) is 1. The van der Waals surface area contributed by atoms with Gasteiger partial charge in [-0.15, -0.1) is 0 Å². The Morgan fingerprint density at radius 3 is 2.56 bits per heavy atom. The lowest BCUT2D eigenvalue weighted by Crippen LogP contribution is -2.33. The first-order chi connectivity index (χ1) is 8.71. The quantitative estimate of drug-likeness (QED) is 0.881. The van der Waals surface area contributed by atoms with Crippen LogP contribution in [-0.2, 0) is 6.42 Å². The Morgan fingerprint density at radius 2 is 1.94 bits per heavy atom. The van der Waals surface area contributed by atoms with Gasteiger partial charge in [-0.25, -0.2) is 0 Å². The lowest BCUT2D eigenvalue weighted by Gasteiger charge is -2.35. The van der Waals surface area contributed by atoms with Gasteiger partial charge < -0.3 is 15.2 Å². The Balaban J connectivity index is 2.44. The molecule has 0 aromatic heterocycles. The van der Waals surface area contributed by atoms with E-state index in [1.54, 1.807) is 14.2 Å². The Hall–Kier alpha value is -1.26. The summed E-state index contributed by atoms with van der Waals surface area (Å²) < 4.78 is 10.8. The molecule has 1 aromatic rings. The molecule has 1 aliphatic rings. The first-order valence-corrected chi connectivity index (χ1v) is 6.36. The molecule has 0 spiro atoms. The van der Waals surface area contributed by atoms with E-state index in [0.717, 1.165) is 30.9 Å². The van der Waals surface area contributed by atoms with Crippen LogP contribution in [-0.4, -0.2) is 39.3 Å². The molecule has 1 aromatic carbocycles. The number of hydrogen-bond donors (Lipinski definition) is 1. The van der Waals surface area contributed by atoms with Crippen molar-refractivity contribution in [3.8, 4) is 11.5 Å². The minimum atomic E-state index is 0.388. The fourth-order valence-electron chi connectivity index (χ4n) is 2.69. The topological polar surface area (TPSA) is 47.7 Å². The molecule has 1 aliphatic heterocycles. The molecule has 1 unspecified atom stereocenters. The zero-order chi connectivity index (χ0) is 13.1. The zero-order valence-electron chi connectivity index (χ0n) is 11.4. The van der Waals surface area contributed by atoms with Crippen molar-refractivity contribution in [3.63, 3.8) is 0 Å². The van der Waals surface area contributed by atoms with Gasteiger partial charge in [0.2, 0.25) is 0 Å². The fraction of sp³-hybridized carbons (Fsp3) is 0.571. The van der Waals surface area contributed by atoms with E-state index in [4.69, 9.17) is 15.2 Å². The molecule has 2 rings (SSSR count). The molecular formula is C14H22N2O2. The summed E-state index contributed by atoms with van der Waals surface area (Å²) in [5, 5.41) is 0. The maximum absolute atomic E-state index is 5.72. The van der Waals surface area contributed by atoms with E-state index in [0.29, 0.717) is 12.6 Å². The summed E-state index contributed by atoms with van der Waals surface area (Å²) in [4.78, 5) is 2.36. The third-order valence-electron chi connectivity index (χ3n) is 3.71. The van der Waals surface area contributed by atoms with Crippen molar-refractivity contribution in [1.29, 1.82) is 0 Å². The molecule has 4 nitrogen and oxygen atoms in total. The van der Waals surface area contributed by atoms with Crippen LogP contribution in [0.3, 0.4) is 0 Å². The van der Waals surface area contributed by atoms with Crippen molar-refractivity contribution in [2.45, 2.75) is 18.9 Å². The number of nitrogens with two attached hydrogens (primary N) is 1. The molecule has 1 heterocycles. The number of rotatable bonds is 4. The fourth-order valence-corrected chi connectivity index (χ4v) is 2.69. The highest BCUT2D eigenvalue weighted by Crippen LogP contribution is 2.38. The molecule has 1 atom stereocenters. The monoisotopic (exact) mass is 250 g/mol. The lowest BCUT2D eigenvalue weighted by atomic mass is 9.90. The van der Waals surface area contributed by atoms with Gasteiger partial charge >= 0.3 is 0 Å². The molecule has 0 amide bonds. The van der Waals surface area contributed by atoms with Crippen LogP contribution in [0.2, 0.25) is 0 Å². The van der Waals surface area contributed by atoms with Gasteiger partial charge in [0.1, 0.15) is 0 Å². The lowest BCUT2D eigenvalue weighted by molar-refractivity contribution is 0.220. The second-order valence-electron chi connectivity index (χ2n) is 4.73. The van der Waals surface area contributed by atoms with Crippen LogP contribution < -0.4 is 15.2 Å². The van der Waals surface area contributed by atoms with Gasteiger partial charge in [-0.05, 0) is 49.7 Å². The van der Waals surface area contributed by atoms with Gasteiger partial charge in [-0.1, -0.05) is 0 Å². The van der Waals surface area contributed by atoms with Crippen molar-refractivity contribution in [2.75, 3.05) is 34.4 Å². The SMILES string of the molecule is COc1cc2c(cc1OC)C(CCN)N(C)CC2. The summed E-state index contributed by atoms with van der Waals surface area (Å²) in [6.45, 7) is 1.76. The van der Waals surface area contributed by atoms with Gasteiger partial charge in [0.05, 0.1) is 14.2 Å². The molecule has 0 aliphatic carbocycles. The summed E-state index contributed by atoms with van der Waals surface area (Å²) >= 11 is 0. The highest BCUT2D eigenvalue weighted by Gasteiger charge is 2.25. The highest BCUT2D eigenvalue weighted by atomic mass is 16.5. The minimum Gasteiger partial charge on any atom is -0.493 e. The van der Waals surface area contributed by atoms with Crippen LogP contribution >= 0.6 is 0 Å². The number of ether oxygens (including phenoxy) is 2. The zero-order valence-corrected chi connectivity index (χ0v) is 11.4. The molecule has 18 heavy (non-hydrogen) atoms. The number of methoxy groups -OCH3 is 2. The van der Waals surface area contributed by atoms with Crippen molar-refractivity contribution in [3.05, 3.63) is 23.3 Å². The smallest absolute Gasteiger partial charge is 0.161 e. The van der Waals surface area contributed by atoms with Crippen molar-refractivity contribution in [1.82, 2.24) is 4.90 Å². The van der Waals surface area contributed by atoms with Gasteiger partial charge in [-0.3, -0.25) is 4.90 Å². The predicted molar refractivity (Wildman–Crippen MR) is 72.3 cm³/mol. The average molecular weight is 250 g/mol. The molecule has 0 bridgehead atoms. The summed E-state index contributed by atoms with van der Waals surface area (Å²) in [6, 6.07) is 4.59. The maximum atomic E-state index is 5.72. The van der Waals surface area contributed by atoms with Crippen LogP contribution in [0.1, 0.15) is 23.6 Å². The molecule has 0 saturated carbocycles. The Morgan fingerprint density at radius 1 is 1.28 bits per heavy atom. The summed E-state index contributed by atoms with van der Waals surface area (Å²) in [6.07, 6.45) is 2.02. The van der Waals surface area contributed by atoms with E-state index in [1.165, 1.54) is 11.1 Å². The van der Waals surface area contributed by atoms with Crippen molar-refractivity contribution < 1.29 is 9.47 Å². The molecule has 0 radical (unpaired) electrons. The third kappa shape index (κ3) is 2.31. The molecule has 0 fully saturated rings. The predicted octanol–water partition coefficient (Wildman–Crippen LogP) is 1.58. The van der Waals surface area contributed by atoms with Crippen LogP contribution in [0.25, 0.3) is 0 Å². The Bertz CT molecular complexity index is 421. The van der Waals surface area contributed by atoms with Crippen LogP contribution in [0.4, 0.5) is 0 Å². The Kier molecular flexibility index (Phi) is 4.09. The first kappa shape index (κ1) is 13.2. The molecule has 2 N–H and O–H groups in total. The third-order valence-corrected chi connectivity index (χ3v) is 3.71. The normalized spacial score (nSPS) is 19.4. The van der Waals surface area contributed by atoms with E-state index in [2.05, 4.69) is 24.1 Å². The largest absolute Gasteiger partial charge is 0.493 e. The Labute approximate surface area is 109 Å². The van der Waals surface area contributed by atoms with E-state index >= 15 is 0 Å². The number of nitrogens with zero attached hydrogens (tertiary/aromatic N) is 1. The van der Waals surface area contributed by atoms with E-state index in [9.17, 15) is 0 Å². The summed E-state index contributed by atoms with van der Waals surface area (Å²) in [5.74, 6) is 1.61. The van der Waals surface area contributed by atoms with E-state index < -0.39 is 0 Å². The molecule has 0 saturated heterocycles. The standard InChI is InChI=1S/C14H22N2O2/c1-16-7-5-10-8-13(17-2)14(18-3)9-11(10)12(16)4-6-15/h8-9,12H,4-7,15H2,1-3H3. The number of benzene rings is 1. The van der Waals surface area contributed by atoms with E-state index in [-0.39, 0.29) is 0 Å². The second-order valence-corrected chi connectivity index (χ2v) is 4.73. The first-order valence-electron chi connectivity index (χ1n) is 6.36. The van der Waals surface area contributed by atoms with Gasteiger partial charge in [0, 0.05) is 12.6 Å². The van der Waals surface area contributed by atoms with Crippen molar-refractivity contribution in [2.24, 2.45) is 5.73 Å². The molecule has 4 heteroatoms. The van der Waals surface area contributed by atoms with Gasteiger partial charge in [-0.2, -0.15) is 0 Å². The average Bonchev–Trinajstić information content (AvgIpc) is 2.40. The number of fused-ring (bicyclic) bond motifs is 1. The van der Waals surface area contributed by atoms with Gasteiger partial charge in [0.25, 0.3) is 0 Å². The van der Waals surface area contributed by atoms with Crippen molar-refractivity contribution >= 4 is 0 Å². The number of hydrogen-bond acceptors (Lipinski definition) is 4. The summed E-state index contributed by atoms with van der Waals surface area (Å²) in [7, 11) is 5.51. The summed E-state index contributed by atoms with van der Waals surface area (Å²) in [5.41, 5.74) is 8.40. The van der Waals surface area contributed by atoms with Gasteiger partial charge in [0.15, 0.2) is 11.5 Å². The minimum absolute atomic E-state index is 0.388. The van der Waals surface area contributed by atoms with E-state index in [1.807, 2.05) is 0 Å². The van der Waals surface area contributed by atoms with Crippen LogP contribution in [0, 0.1) is 0 Å². The van der Waals surface area contributed by atoms with Crippen LogP contribution in [0.15, 0.2) is 12.1 Å². The van der Waals surface area contributed by atoms with Crippen LogP contribution in [0.5, 0.6) is 11.5 Å². The highest BCUT2D eigenvalue weighted by molar-refractivity contribution is 5.49. The second kappa shape index (κ2) is 5.59. The molecular weight excluding hydrogens is 228 g/mol. The molecule has 100 valence electrons.